The van der Waals surface area contributed by atoms with Gasteiger partial charge in [0.2, 0.25) is 0 Å². The predicted molar refractivity (Wildman–Crippen MR) is 102 cm³/mol. The summed E-state index contributed by atoms with van der Waals surface area (Å²) in [6, 6.07) is 24.4. The Morgan fingerprint density at radius 1 is 0.917 bits per heavy atom. The summed E-state index contributed by atoms with van der Waals surface area (Å²) in [5.74, 6) is 0. The molecule has 3 aromatic carbocycles. The second kappa shape index (κ2) is 6.14. The zero-order chi connectivity index (χ0) is 16.5. The molecule has 2 nitrogen and oxygen atoms in total. The minimum atomic E-state index is 0.357. The van der Waals surface area contributed by atoms with Gasteiger partial charge >= 0.3 is 0 Å². The van der Waals surface area contributed by atoms with E-state index in [9.17, 15) is 0 Å². The second-order valence-electron chi connectivity index (χ2n) is 6.56. The molecule has 0 radical (unpaired) electrons. The summed E-state index contributed by atoms with van der Waals surface area (Å²) >= 11 is 0. The van der Waals surface area contributed by atoms with Crippen LogP contribution >= 0.6 is 0 Å². The minimum Gasteiger partial charge on any atom is -0.361 e. The number of hydrogen-bond acceptors (Lipinski definition) is 1. The molecule has 0 saturated heterocycles. The Morgan fingerprint density at radius 3 is 2.67 bits per heavy atom. The lowest BCUT2D eigenvalue weighted by Crippen LogP contribution is -2.22. The molecule has 0 spiro atoms. The van der Waals surface area contributed by atoms with Gasteiger partial charge in [0.25, 0.3) is 0 Å². The van der Waals surface area contributed by atoms with E-state index < -0.39 is 0 Å². The van der Waals surface area contributed by atoms with E-state index >= 15 is 0 Å². The summed E-state index contributed by atoms with van der Waals surface area (Å²) in [5, 5.41) is 3.92. The van der Waals surface area contributed by atoms with E-state index in [0.29, 0.717) is 6.04 Å². The van der Waals surface area contributed by atoms with Crippen LogP contribution in [0.4, 0.5) is 0 Å². The van der Waals surface area contributed by atoms with E-state index in [1.807, 2.05) is 6.20 Å². The fraction of sp³-hybridized carbons (Fsp3) is 0.182. The summed E-state index contributed by atoms with van der Waals surface area (Å²) < 4.78 is 0. The highest BCUT2D eigenvalue weighted by atomic mass is 15.1. The third-order valence-electron chi connectivity index (χ3n) is 4.99. The highest BCUT2D eigenvalue weighted by Gasteiger charge is 2.14. The van der Waals surface area contributed by atoms with Gasteiger partial charge in [-0.1, -0.05) is 54.6 Å². The van der Waals surface area contributed by atoms with E-state index in [2.05, 4.69) is 90.6 Å². The van der Waals surface area contributed by atoms with E-state index in [4.69, 9.17) is 0 Å². The first-order valence-corrected chi connectivity index (χ1v) is 8.46. The molecule has 1 N–H and O–H groups in total. The Bertz CT molecular complexity index is 978. The number of aromatic nitrogens is 1. The van der Waals surface area contributed by atoms with Gasteiger partial charge in [0, 0.05) is 24.3 Å². The molecule has 120 valence electrons. The fourth-order valence-electron chi connectivity index (χ4n) is 3.47. The molecule has 1 aromatic heterocycles. The Hall–Kier alpha value is -2.58. The molecule has 0 unspecified atom stereocenters. The van der Waals surface area contributed by atoms with E-state index in [-0.39, 0.29) is 0 Å². The van der Waals surface area contributed by atoms with Gasteiger partial charge in [0.1, 0.15) is 0 Å². The molecule has 0 bridgehead atoms. The molecular weight excluding hydrogens is 292 g/mol. The lowest BCUT2D eigenvalue weighted by molar-refractivity contribution is 0.254. The largest absolute Gasteiger partial charge is 0.361 e. The quantitative estimate of drug-likeness (QED) is 0.526. The van der Waals surface area contributed by atoms with Gasteiger partial charge in [0.15, 0.2) is 0 Å². The van der Waals surface area contributed by atoms with Gasteiger partial charge in [-0.15, -0.1) is 0 Å². The van der Waals surface area contributed by atoms with Crippen LogP contribution in [0.15, 0.2) is 72.9 Å². The molecule has 2 heteroatoms. The Labute approximate surface area is 142 Å². The van der Waals surface area contributed by atoms with Crippen molar-refractivity contribution in [2.75, 3.05) is 7.05 Å². The average Bonchev–Trinajstić information content (AvgIpc) is 3.08. The summed E-state index contributed by atoms with van der Waals surface area (Å²) in [6.45, 7) is 3.22. The second-order valence-corrected chi connectivity index (χ2v) is 6.56. The average molecular weight is 314 g/mol. The van der Waals surface area contributed by atoms with Crippen molar-refractivity contribution in [1.82, 2.24) is 9.88 Å². The molecule has 0 aliphatic carbocycles. The molecule has 4 aromatic rings. The lowest BCUT2D eigenvalue weighted by Gasteiger charge is -2.26. The highest BCUT2D eigenvalue weighted by Crippen LogP contribution is 2.28. The summed E-state index contributed by atoms with van der Waals surface area (Å²) in [5.41, 5.74) is 3.93. The van der Waals surface area contributed by atoms with Crippen molar-refractivity contribution in [1.29, 1.82) is 0 Å². The lowest BCUT2D eigenvalue weighted by atomic mass is 9.98. The Kier molecular flexibility index (Phi) is 3.83. The van der Waals surface area contributed by atoms with Gasteiger partial charge in [-0.25, -0.2) is 0 Å². The molecule has 0 fully saturated rings. The van der Waals surface area contributed by atoms with Crippen molar-refractivity contribution < 1.29 is 0 Å². The van der Waals surface area contributed by atoms with Gasteiger partial charge in [0.05, 0.1) is 0 Å². The topological polar surface area (TPSA) is 19.0 Å². The maximum absolute atomic E-state index is 3.30. The van der Waals surface area contributed by atoms with Crippen LogP contribution in [0.25, 0.3) is 21.7 Å². The summed E-state index contributed by atoms with van der Waals surface area (Å²) in [7, 11) is 2.20. The van der Waals surface area contributed by atoms with Crippen molar-refractivity contribution in [2.45, 2.75) is 19.5 Å². The molecule has 0 aliphatic heterocycles. The van der Waals surface area contributed by atoms with E-state index in [1.54, 1.807) is 0 Å². The van der Waals surface area contributed by atoms with Crippen LogP contribution < -0.4 is 0 Å². The van der Waals surface area contributed by atoms with Crippen molar-refractivity contribution in [3.05, 3.63) is 84.1 Å². The number of rotatable bonds is 4. The number of aromatic amines is 1. The molecular formula is C22H22N2. The summed E-state index contributed by atoms with van der Waals surface area (Å²) in [6.07, 6.45) is 2.00. The zero-order valence-corrected chi connectivity index (χ0v) is 14.2. The van der Waals surface area contributed by atoms with Gasteiger partial charge in [-0.3, -0.25) is 4.90 Å². The van der Waals surface area contributed by atoms with Gasteiger partial charge in [-0.05, 0) is 53.4 Å². The van der Waals surface area contributed by atoms with Crippen LogP contribution in [-0.4, -0.2) is 16.9 Å². The Balaban J connectivity index is 1.62. The SMILES string of the molecule is C[C@H](c1cccc2ccccc12)N(C)Cc1ccc2cc[nH]c2c1. The van der Waals surface area contributed by atoms with E-state index in [0.717, 1.165) is 6.54 Å². The van der Waals surface area contributed by atoms with Crippen molar-refractivity contribution in [3.8, 4) is 0 Å². The molecule has 1 atom stereocenters. The first kappa shape index (κ1) is 15.0. The van der Waals surface area contributed by atoms with Crippen LogP contribution in [-0.2, 0) is 6.54 Å². The fourth-order valence-corrected chi connectivity index (χ4v) is 3.47. The smallest absolute Gasteiger partial charge is 0.0457 e. The van der Waals surface area contributed by atoms with Crippen LogP contribution in [0.1, 0.15) is 24.1 Å². The third-order valence-corrected chi connectivity index (χ3v) is 4.99. The standard InChI is InChI=1S/C22H22N2/c1-16(20-9-5-7-18-6-3-4-8-21(18)20)24(2)15-17-10-11-19-12-13-23-22(19)14-17/h3-14,16,23H,15H2,1-2H3/t16-/m1/s1. The van der Waals surface area contributed by atoms with Gasteiger partial charge in [-0.2, -0.15) is 0 Å². The number of benzene rings is 3. The highest BCUT2D eigenvalue weighted by molar-refractivity contribution is 5.86. The zero-order valence-electron chi connectivity index (χ0n) is 14.2. The monoisotopic (exact) mass is 314 g/mol. The molecule has 0 aliphatic rings. The first-order chi connectivity index (χ1) is 11.7. The number of hydrogen-bond donors (Lipinski definition) is 1. The number of H-pyrrole nitrogens is 1. The maximum atomic E-state index is 3.30. The van der Waals surface area contributed by atoms with Gasteiger partial charge < -0.3 is 4.98 Å². The normalized spacial score (nSPS) is 13.0. The van der Waals surface area contributed by atoms with Crippen molar-refractivity contribution in [2.24, 2.45) is 0 Å². The van der Waals surface area contributed by atoms with Crippen LogP contribution in [0.3, 0.4) is 0 Å². The molecule has 4 rings (SSSR count). The first-order valence-electron chi connectivity index (χ1n) is 8.46. The Morgan fingerprint density at radius 2 is 1.75 bits per heavy atom. The minimum absolute atomic E-state index is 0.357. The number of nitrogens with one attached hydrogen (secondary N) is 1. The molecule has 0 saturated carbocycles. The van der Waals surface area contributed by atoms with E-state index in [1.165, 1.54) is 32.8 Å². The van der Waals surface area contributed by atoms with Crippen LogP contribution in [0.5, 0.6) is 0 Å². The maximum Gasteiger partial charge on any atom is 0.0457 e. The van der Waals surface area contributed by atoms with Crippen LogP contribution in [0, 0.1) is 0 Å². The van der Waals surface area contributed by atoms with Crippen LogP contribution in [0.2, 0.25) is 0 Å². The van der Waals surface area contributed by atoms with Crippen molar-refractivity contribution >= 4 is 21.7 Å². The molecule has 24 heavy (non-hydrogen) atoms. The number of fused-ring (bicyclic) bond motifs is 2. The molecule has 1 heterocycles. The summed E-state index contributed by atoms with van der Waals surface area (Å²) in [4.78, 5) is 5.71. The van der Waals surface area contributed by atoms with Crippen molar-refractivity contribution in [3.63, 3.8) is 0 Å². The predicted octanol–water partition coefficient (Wildman–Crippen LogP) is 5.51. The molecule has 0 amide bonds. The number of nitrogens with zero attached hydrogens (tertiary/aromatic N) is 1. The third kappa shape index (κ3) is 2.70.